The monoisotopic (exact) mass is 412 g/mol. The van der Waals surface area contributed by atoms with Crippen LogP contribution in [-0.4, -0.2) is 23.1 Å². The van der Waals surface area contributed by atoms with Crippen molar-refractivity contribution in [2.75, 3.05) is 0 Å². The number of unbranched alkanes of at least 4 members (excludes halogenated alkanes) is 13. The Bertz CT molecular complexity index is 381. The second kappa shape index (κ2) is 21.6. The number of ether oxygens (including phenoxy) is 1. The van der Waals surface area contributed by atoms with E-state index >= 15 is 0 Å². The number of hydrogen-bond acceptors (Lipinski definition) is 3. The van der Waals surface area contributed by atoms with Gasteiger partial charge in [0.1, 0.15) is 6.10 Å². The Labute approximate surface area is 180 Å². The van der Waals surface area contributed by atoms with E-state index in [0.29, 0.717) is 6.42 Å². The lowest BCUT2D eigenvalue weighted by molar-refractivity contribution is -0.150. The third-order valence-electron chi connectivity index (χ3n) is 5.58. The normalized spacial score (nSPS) is 12.1. The van der Waals surface area contributed by atoms with E-state index in [0.717, 1.165) is 57.8 Å². The van der Waals surface area contributed by atoms with Crippen LogP contribution in [0.3, 0.4) is 0 Å². The van der Waals surface area contributed by atoms with Gasteiger partial charge in [0.2, 0.25) is 0 Å². The van der Waals surface area contributed by atoms with Crippen molar-refractivity contribution in [3.63, 3.8) is 0 Å². The third-order valence-corrected chi connectivity index (χ3v) is 5.58. The number of aliphatic carboxylic acids is 1. The molecule has 0 aliphatic rings. The van der Waals surface area contributed by atoms with Gasteiger partial charge in [-0.2, -0.15) is 0 Å². The number of rotatable bonds is 22. The second-order valence-corrected chi connectivity index (χ2v) is 8.53. The Balaban J connectivity index is 4.04. The van der Waals surface area contributed by atoms with Crippen LogP contribution < -0.4 is 0 Å². The summed E-state index contributed by atoms with van der Waals surface area (Å²) in [6.07, 6.45) is 21.1. The molecule has 0 radical (unpaired) electrons. The summed E-state index contributed by atoms with van der Waals surface area (Å²) in [4.78, 5) is 22.8. The van der Waals surface area contributed by atoms with Gasteiger partial charge in [-0.05, 0) is 38.5 Å². The molecule has 0 aromatic heterocycles. The summed E-state index contributed by atoms with van der Waals surface area (Å²) in [5.41, 5.74) is 0. The molecule has 1 atom stereocenters. The van der Waals surface area contributed by atoms with E-state index in [1.165, 1.54) is 57.8 Å². The molecule has 0 fully saturated rings. The van der Waals surface area contributed by atoms with Gasteiger partial charge in [0, 0.05) is 12.8 Å². The molecule has 1 unspecified atom stereocenters. The van der Waals surface area contributed by atoms with Crippen molar-refractivity contribution in [1.82, 2.24) is 0 Å². The Hall–Kier alpha value is -1.06. The summed E-state index contributed by atoms with van der Waals surface area (Å²) in [6, 6.07) is 0. The van der Waals surface area contributed by atoms with Gasteiger partial charge >= 0.3 is 11.9 Å². The fraction of sp³-hybridized carbons (Fsp3) is 0.920. The highest BCUT2D eigenvalue weighted by molar-refractivity contribution is 5.69. The molecular formula is C25H48O4. The zero-order valence-corrected chi connectivity index (χ0v) is 19.4. The number of carboxylic acids is 1. The van der Waals surface area contributed by atoms with E-state index in [1.807, 2.05) is 0 Å². The van der Waals surface area contributed by atoms with Gasteiger partial charge in [0.05, 0.1) is 0 Å². The zero-order valence-electron chi connectivity index (χ0n) is 19.4. The van der Waals surface area contributed by atoms with Gasteiger partial charge in [-0.15, -0.1) is 0 Å². The fourth-order valence-electron chi connectivity index (χ4n) is 3.71. The molecule has 0 aliphatic heterocycles. The van der Waals surface area contributed by atoms with Crippen molar-refractivity contribution in [1.29, 1.82) is 0 Å². The maximum atomic E-state index is 12.2. The van der Waals surface area contributed by atoms with Crippen LogP contribution >= 0.6 is 0 Å². The predicted octanol–water partition coefficient (Wildman–Crippen LogP) is 7.82. The molecule has 1 N–H and O–H groups in total. The van der Waals surface area contributed by atoms with Gasteiger partial charge < -0.3 is 9.84 Å². The van der Waals surface area contributed by atoms with Gasteiger partial charge in [-0.1, -0.05) is 90.9 Å². The van der Waals surface area contributed by atoms with E-state index in [4.69, 9.17) is 9.84 Å². The number of hydrogen-bond donors (Lipinski definition) is 1. The Kier molecular flexibility index (Phi) is 20.9. The molecule has 0 saturated carbocycles. The highest BCUT2D eigenvalue weighted by Gasteiger charge is 2.14. The van der Waals surface area contributed by atoms with Crippen LogP contribution in [0.25, 0.3) is 0 Å². The highest BCUT2D eigenvalue weighted by Crippen LogP contribution is 2.18. The predicted molar refractivity (Wildman–Crippen MR) is 121 cm³/mol. The first-order valence-electron chi connectivity index (χ1n) is 12.5. The second-order valence-electron chi connectivity index (χ2n) is 8.53. The van der Waals surface area contributed by atoms with Crippen LogP contribution in [0.1, 0.15) is 142 Å². The van der Waals surface area contributed by atoms with Crippen LogP contribution in [-0.2, 0) is 14.3 Å². The first-order chi connectivity index (χ1) is 14.1. The molecule has 172 valence electrons. The minimum atomic E-state index is -0.713. The van der Waals surface area contributed by atoms with Crippen molar-refractivity contribution in [3.8, 4) is 0 Å². The average Bonchev–Trinajstić information content (AvgIpc) is 2.69. The van der Waals surface area contributed by atoms with Crippen LogP contribution in [0.4, 0.5) is 0 Å². The molecule has 0 saturated heterocycles. The van der Waals surface area contributed by atoms with E-state index < -0.39 is 5.97 Å². The molecule has 0 aliphatic carbocycles. The zero-order chi connectivity index (χ0) is 21.6. The van der Waals surface area contributed by atoms with E-state index in [-0.39, 0.29) is 18.5 Å². The molecule has 0 bridgehead atoms. The molecule has 4 heteroatoms. The molecular weight excluding hydrogens is 364 g/mol. The van der Waals surface area contributed by atoms with Crippen LogP contribution in [0.2, 0.25) is 0 Å². The lowest BCUT2D eigenvalue weighted by atomic mass is 10.0. The van der Waals surface area contributed by atoms with E-state index in [9.17, 15) is 9.59 Å². The minimum absolute atomic E-state index is 0.0256. The summed E-state index contributed by atoms with van der Waals surface area (Å²) < 4.78 is 5.82. The van der Waals surface area contributed by atoms with Crippen molar-refractivity contribution >= 4 is 11.9 Å². The first-order valence-corrected chi connectivity index (χ1v) is 12.5. The number of carbonyl (C=O) groups is 2. The maximum absolute atomic E-state index is 12.2. The van der Waals surface area contributed by atoms with Crippen molar-refractivity contribution < 1.29 is 19.4 Å². The molecule has 0 aromatic rings. The molecule has 0 spiro atoms. The fourth-order valence-corrected chi connectivity index (χ4v) is 3.71. The number of carboxylic acid groups (broad SMARTS) is 1. The van der Waals surface area contributed by atoms with Crippen LogP contribution in [0, 0.1) is 0 Å². The maximum Gasteiger partial charge on any atom is 0.306 e. The van der Waals surface area contributed by atoms with Crippen LogP contribution in [0.15, 0.2) is 0 Å². The van der Waals surface area contributed by atoms with Gasteiger partial charge in [0.15, 0.2) is 0 Å². The molecule has 0 aromatic carbocycles. The summed E-state index contributed by atoms with van der Waals surface area (Å²) in [6.45, 7) is 4.45. The minimum Gasteiger partial charge on any atom is -0.481 e. The molecule has 0 rings (SSSR count). The van der Waals surface area contributed by atoms with Crippen molar-refractivity contribution in [2.24, 2.45) is 0 Å². The molecule has 0 amide bonds. The van der Waals surface area contributed by atoms with E-state index in [2.05, 4.69) is 13.8 Å². The summed E-state index contributed by atoms with van der Waals surface area (Å²) in [5, 5.41) is 8.71. The highest BCUT2D eigenvalue weighted by atomic mass is 16.5. The van der Waals surface area contributed by atoms with E-state index in [1.54, 1.807) is 0 Å². The van der Waals surface area contributed by atoms with Crippen molar-refractivity contribution in [2.45, 2.75) is 148 Å². The van der Waals surface area contributed by atoms with Gasteiger partial charge in [-0.3, -0.25) is 9.59 Å². The molecule has 4 nitrogen and oxygen atoms in total. The lowest BCUT2D eigenvalue weighted by Gasteiger charge is -2.18. The summed E-state index contributed by atoms with van der Waals surface area (Å²) >= 11 is 0. The smallest absolute Gasteiger partial charge is 0.306 e. The van der Waals surface area contributed by atoms with Gasteiger partial charge in [-0.25, -0.2) is 0 Å². The van der Waals surface area contributed by atoms with Gasteiger partial charge in [0.25, 0.3) is 0 Å². The Morgan fingerprint density at radius 1 is 0.621 bits per heavy atom. The largest absolute Gasteiger partial charge is 0.481 e. The summed E-state index contributed by atoms with van der Waals surface area (Å²) in [5.74, 6) is -0.739. The van der Waals surface area contributed by atoms with Crippen molar-refractivity contribution in [3.05, 3.63) is 0 Å². The lowest BCUT2D eigenvalue weighted by Crippen LogP contribution is -2.18. The Morgan fingerprint density at radius 3 is 1.52 bits per heavy atom. The molecule has 0 heterocycles. The van der Waals surface area contributed by atoms with Crippen LogP contribution in [0.5, 0.6) is 0 Å². The standard InChI is InChI=1S/C25H48O4/c1-3-5-7-9-11-15-19-23(20-16-13-14-17-21-24(26)27)29-25(28)22-18-12-10-8-6-4-2/h23H,3-22H2,1-2H3,(H,26,27). The average molecular weight is 413 g/mol. The quantitative estimate of drug-likeness (QED) is 0.145. The Morgan fingerprint density at radius 2 is 1.03 bits per heavy atom. The third kappa shape index (κ3) is 21.5. The number of esters is 1. The SMILES string of the molecule is CCCCCCCCC(=O)OC(CCCCCCCC)CCCCCCC(=O)O. The topological polar surface area (TPSA) is 63.6 Å². The molecule has 29 heavy (non-hydrogen) atoms. The first kappa shape index (κ1) is 27.9. The summed E-state index contributed by atoms with van der Waals surface area (Å²) in [7, 11) is 0. The number of carbonyl (C=O) groups excluding carboxylic acids is 1.